The SMILES string of the molecule is CNCCNc1ccc(C)cc1C. The van der Waals surface area contributed by atoms with Crippen molar-refractivity contribution in [3.8, 4) is 0 Å². The van der Waals surface area contributed by atoms with E-state index in [0.29, 0.717) is 0 Å². The van der Waals surface area contributed by atoms with E-state index in [2.05, 4.69) is 42.7 Å². The highest BCUT2D eigenvalue weighted by atomic mass is 14.9. The summed E-state index contributed by atoms with van der Waals surface area (Å²) < 4.78 is 0. The molecular formula is C11H18N2. The zero-order valence-corrected chi connectivity index (χ0v) is 8.65. The molecule has 0 aliphatic heterocycles. The molecule has 1 rings (SSSR count). The largest absolute Gasteiger partial charge is 0.384 e. The Morgan fingerprint density at radius 3 is 2.54 bits per heavy atom. The van der Waals surface area contributed by atoms with Gasteiger partial charge in [0.25, 0.3) is 0 Å². The van der Waals surface area contributed by atoms with Gasteiger partial charge in [0, 0.05) is 18.8 Å². The lowest BCUT2D eigenvalue weighted by Crippen LogP contribution is -2.18. The zero-order valence-electron chi connectivity index (χ0n) is 8.65. The third kappa shape index (κ3) is 3.07. The maximum atomic E-state index is 3.38. The van der Waals surface area contributed by atoms with Crippen LogP contribution in [-0.4, -0.2) is 20.1 Å². The average Bonchev–Trinajstić information content (AvgIpc) is 2.09. The van der Waals surface area contributed by atoms with E-state index in [1.807, 2.05) is 7.05 Å². The number of hydrogen-bond donors (Lipinski definition) is 2. The van der Waals surface area contributed by atoms with Crippen LogP contribution in [0.15, 0.2) is 18.2 Å². The topological polar surface area (TPSA) is 24.1 Å². The number of nitrogens with one attached hydrogen (secondary N) is 2. The third-order valence-corrected chi connectivity index (χ3v) is 2.07. The van der Waals surface area contributed by atoms with Gasteiger partial charge in [0.2, 0.25) is 0 Å². The lowest BCUT2D eigenvalue weighted by atomic mass is 10.1. The van der Waals surface area contributed by atoms with Crippen molar-refractivity contribution >= 4 is 5.69 Å². The van der Waals surface area contributed by atoms with Crippen molar-refractivity contribution in [3.63, 3.8) is 0 Å². The van der Waals surface area contributed by atoms with Gasteiger partial charge in [-0.3, -0.25) is 0 Å². The molecule has 0 radical (unpaired) electrons. The lowest BCUT2D eigenvalue weighted by molar-refractivity contribution is 0.823. The van der Waals surface area contributed by atoms with Crippen molar-refractivity contribution in [1.29, 1.82) is 0 Å². The first-order valence-electron chi connectivity index (χ1n) is 4.70. The van der Waals surface area contributed by atoms with E-state index in [1.165, 1.54) is 16.8 Å². The highest BCUT2D eigenvalue weighted by Crippen LogP contribution is 2.15. The summed E-state index contributed by atoms with van der Waals surface area (Å²) in [6, 6.07) is 6.47. The first-order chi connectivity index (χ1) is 6.24. The Morgan fingerprint density at radius 2 is 1.92 bits per heavy atom. The monoisotopic (exact) mass is 178 g/mol. The molecule has 1 aromatic carbocycles. The standard InChI is InChI=1S/C11H18N2/c1-9-4-5-11(10(2)8-9)13-7-6-12-3/h4-5,8,12-13H,6-7H2,1-3H3. The minimum atomic E-state index is 0.973. The van der Waals surface area contributed by atoms with Crippen LogP contribution in [0.5, 0.6) is 0 Å². The normalized spacial score (nSPS) is 10.1. The van der Waals surface area contributed by atoms with E-state index < -0.39 is 0 Å². The van der Waals surface area contributed by atoms with Crippen LogP contribution in [0.3, 0.4) is 0 Å². The Hall–Kier alpha value is -1.02. The Morgan fingerprint density at radius 1 is 1.15 bits per heavy atom. The summed E-state index contributed by atoms with van der Waals surface area (Å²) in [6.07, 6.45) is 0. The van der Waals surface area contributed by atoms with Crippen molar-refractivity contribution in [2.24, 2.45) is 0 Å². The van der Waals surface area contributed by atoms with Gasteiger partial charge in [0.1, 0.15) is 0 Å². The van der Waals surface area contributed by atoms with Crippen molar-refractivity contribution in [1.82, 2.24) is 5.32 Å². The van der Waals surface area contributed by atoms with Crippen molar-refractivity contribution < 1.29 is 0 Å². The summed E-state index contributed by atoms with van der Waals surface area (Å²) in [4.78, 5) is 0. The number of anilines is 1. The molecule has 1 aromatic rings. The fourth-order valence-electron chi connectivity index (χ4n) is 1.33. The molecule has 2 N–H and O–H groups in total. The van der Waals surface area contributed by atoms with Gasteiger partial charge in [-0.05, 0) is 32.5 Å². The Bertz CT molecular complexity index is 269. The maximum absolute atomic E-state index is 3.38. The molecular weight excluding hydrogens is 160 g/mol. The zero-order chi connectivity index (χ0) is 9.68. The molecule has 0 saturated heterocycles. The van der Waals surface area contributed by atoms with E-state index in [0.717, 1.165) is 13.1 Å². The van der Waals surface area contributed by atoms with Gasteiger partial charge >= 0.3 is 0 Å². The van der Waals surface area contributed by atoms with Crippen LogP contribution in [0.1, 0.15) is 11.1 Å². The second-order valence-electron chi connectivity index (χ2n) is 3.35. The predicted molar refractivity (Wildman–Crippen MR) is 58.3 cm³/mol. The molecule has 0 spiro atoms. The molecule has 0 amide bonds. The number of likely N-dealkylation sites (N-methyl/N-ethyl adjacent to an activating group) is 1. The molecule has 0 unspecified atom stereocenters. The molecule has 0 saturated carbocycles. The van der Waals surface area contributed by atoms with Crippen molar-refractivity contribution in [2.75, 3.05) is 25.5 Å². The van der Waals surface area contributed by atoms with E-state index in [1.54, 1.807) is 0 Å². The highest BCUT2D eigenvalue weighted by molar-refractivity contribution is 5.51. The Labute approximate surface area is 80.4 Å². The van der Waals surface area contributed by atoms with Crippen LogP contribution in [0.2, 0.25) is 0 Å². The molecule has 0 atom stereocenters. The third-order valence-electron chi connectivity index (χ3n) is 2.07. The van der Waals surface area contributed by atoms with E-state index in [9.17, 15) is 0 Å². The fraction of sp³-hybridized carbons (Fsp3) is 0.455. The molecule has 72 valence electrons. The number of rotatable bonds is 4. The summed E-state index contributed by atoms with van der Waals surface area (Å²) in [5.74, 6) is 0. The van der Waals surface area contributed by atoms with Crippen LogP contribution >= 0.6 is 0 Å². The minimum Gasteiger partial charge on any atom is -0.384 e. The van der Waals surface area contributed by atoms with Gasteiger partial charge in [0.05, 0.1) is 0 Å². The molecule has 2 heteroatoms. The van der Waals surface area contributed by atoms with Gasteiger partial charge in [-0.2, -0.15) is 0 Å². The quantitative estimate of drug-likeness (QED) is 0.688. The second-order valence-corrected chi connectivity index (χ2v) is 3.35. The smallest absolute Gasteiger partial charge is 0.0370 e. The Balaban J connectivity index is 2.56. The summed E-state index contributed by atoms with van der Waals surface area (Å²) in [6.45, 7) is 6.22. The summed E-state index contributed by atoms with van der Waals surface area (Å²) in [5.41, 5.74) is 3.87. The lowest BCUT2D eigenvalue weighted by Gasteiger charge is -2.09. The van der Waals surface area contributed by atoms with Crippen LogP contribution in [-0.2, 0) is 0 Å². The molecule has 0 bridgehead atoms. The van der Waals surface area contributed by atoms with Crippen LogP contribution in [0, 0.1) is 13.8 Å². The first-order valence-corrected chi connectivity index (χ1v) is 4.70. The van der Waals surface area contributed by atoms with Gasteiger partial charge in [-0.25, -0.2) is 0 Å². The Kier molecular flexibility index (Phi) is 3.77. The summed E-state index contributed by atoms with van der Waals surface area (Å²) in [5, 5.41) is 6.48. The van der Waals surface area contributed by atoms with E-state index >= 15 is 0 Å². The van der Waals surface area contributed by atoms with Gasteiger partial charge in [0.15, 0.2) is 0 Å². The summed E-state index contributed by atoms with van der Waals surface area (Å²) in [7, 11) is 1.96. The number of hydrogen-bond acceptors (Lipinski definition) is 2. The molecule has 0 heterocycles. The van der Waals surface area contributed by atoms with E-state index in [-0.39, 0.29) is 0 Å². The van der Waals surface area contributed by atoms with Gasteiger partial charge in [-0.1, -0.05) is 17.7 Å². The van der Waals surface area contributed by atoms with Gasteiger partial charge < -0.3 is 10.6 Å². The average molecular weight is 178 g/mol. The van der Waals surface area contributed by atoms with E-state index in [4.69, 9.17) is 0 Å². The molecule has 2 nitrogen and oxygen atoms in total. The predicted octanol–water partition coefficient (Wildman–Crippen LogP) is 1.93. The second kappa shape index (κ2) is 4.87. The minimum absolute atomic E-state index is 0.973. The molecule has 0 aliphatic rings. The van der Waals surface area contributed by atoms with Crippen LogP contribution < -0.4 is 10.6 Å². The molecule has 0 fully saturated rings. The van der Waals surface area contributed by atoms with Gasteiger partial charge in [-0.15, -0.1) is 0 Å². The van der Waals surface area contributed by atoms with Crippen molar-refractivity contribution in [3.05, 3.63) is 29.3 Å². The molecule has 0 aliphatic carbocycles. The fourth-order valence-corrected chi connectivity index (χ4v) is 1.33. The van der Waals surface area contributed by atoms with Crippen LogP contribution in [0.25, 0.3) is 0 Å². The highest BCUT2D eigenvalue weighted by Gasteiger charge is 1.95. The first kappa shape index (κ1) is 10.1. The molecule has 0 aromatic heterocycles. The summed E-state index contributed by atoms with van der Waals surface area (Å²) >= 11 is 0. The number of aryl methyl sites for hydroxylation is 2. The van der Waals surface area contributed by atoms with Crippen molar-refractivity contribution in [2.45, 2.75) is 13.8 Å². The van der Waals surface area contributed by atoms with Crippen LogP contribution in [0.4, 0.5) is 5.69 Å². The maximum Gasteiger partial charge on any atom is 0.0370 e. The molecule has 13 heavy (non-hydrogen) atoms. The number of benzene rings is 1.